The highest BCUT2D eigenvalue weighted by atomic mass is 14.9. The van der Waals surface area contributed by atoms with Crippen LogP contribution in [-0.2, 0) is 0 Å². The van der Waals surface area contributed by atoms with Gasteiger partial charge in [0.15, 0.2) is 0 Å². The molecule has 0 saturated heterocycles. The average Bonchev–Trinajstić information content (AvgIpc) is 3.54. The number of allylic oxidation sites excluding steroid dienone is 2. The summed E-state index contributed by atoms with van der Waals surface area (Å²) in [4.78, 5) is 3.59. The lowest BCUT2D eigenvalue weighted by Crippen LogP contribution is -2.20. The summed E-state index contributed by atoms with van der Waals surface area (Å²) in [5.74, 6) is 0. The van der Waals surface area contributed by atoms with Crippen LogP contribution in [0.15, 0.2) is 176 Å². The van der Waals surface area contributed by atoms with Crippen molar-refractivity contribution in [1.82, 2.24) is 4.98 Å². The second-order valence-corrected chi connectivity index (χ2v) is 12.9. The van der Waals surface area contributed by atoms with E-state index in [0.29, 0.717) is 0 Å². The quantitative estimate of drug-likeness (QED) is 0.164. The minimum Gasteiger partial charge on any atom is -0.378 e. The van der Waals surface area contributed by atoms with Gasteiger partial charge in [-0.2, -0.15) is 0 Å². The number of fused-ring (bicyclic) bond motifs is 4. The van der Waals surface area contributed by atoms with Crippen molar-refractivity contribution in [2.24, 2.45) is 0 Å². The normalized spacial score (nSPS) is 14.5. The van der Waals surface area contributed by atoms with Crippen LogP contribution in [0.3, 0.4) is 0 Å². The van der Waals surface area contributed by atoms with Crippen LogP contribution in [0.1, 0.15) is 17.5 Å². The highest BCUT2D eigenvalue weighted by Gasteiger charge is 2.20. The van der Waals surface area contributed by atoms with Crippen LogP contribution >= 0.6 is 0 Å². The van der Waals surface area contributed by atoms with Gasteiger partial charge in [0.25, 0.3) is 0 Å². The number of nitrogens with one attached hydrogen (secondary N) is 3. The van der Waals surface area contributed by atoms with E-state index >= 15 is 0 Å². The first kappa shape index (κ1) is 28.9. The van der Waals surface area contributed by atoms with Crippen molar-refractivity contribution in [2.45, 2.75) is 12.5 Å². The second kappa shape index (κ2) is 12.4. The molecule has 1 atom stereocenters. The van der Waals surface area contributed by atoms with E-state index in [0.717, 1.165) is 29.0 Å². The highest BCUT2D eigenvalue weighted by Crippen LogP contribution is 2.39. The maximum atomic E-state index is 3.81. The van der Waals surface area contributed by atoms with Gasteiger partial charge in [-0.1, -0.05) is 121 Å². The molecule has 3 heteroatoms. The predicted octanol–water partition coefficient (Wildman–Crippen LogP) is 12.2. The van der Waals surface area contributed by atoms with Gasteiger partial charge in [-0.25, -0.2) is 0 Å². The molecule has 0 bridgehead atoms. The Morgan fingerprint density at radius 1 is 0.510 bits per heavy atom. The fourth-order valence-electron chi connectivity index (χ4n) is 7.19. The van der Waals surface area contributed by atoms with Crippen molar-refractivity contribution < 1.29 is 0 Å². The summed E-state index contributed by atoms with van der Waals surface area (Å²) in [5.41, 5.74) is 12.9. The van der Waals surface area contributed by atoms with Gasteiger partial charge in [-0.05, 0) is 99.6 Å². The van der Waals surface area contributed by atoms with Crippen LogP contribution in [0.2, 0.25) is 0 Å². The van der Waals surface area contributed by atoms with Crippen molar-refractivity contribution in [3.05, 3.63) is 187 Å². The number of anilines is 3. The molecule has 7 aromatic carbocycles. The number of para-hydroxylation sites is 2. The molecule has 9 rings (SSSR count). The minimum atomic E-state index is 0.131. The molecule has 0 spiro atoms. The lowest BCUT2D eigenvalue weighted by atomic mass is 9.86. The maximum absolute atomic E-state index is 3.81. The predicted molar refractivity (Wildman–Crippen MR) is 209 cm³/mol. The van der Waals surface area contributed by atoms with Gasteiger partial charge in [0, 0.05) is 50.5 Å². The molecule has 234 valence electrons. The Bertz CT molecular complexity index is 2520. The van der Waals surface area contributed by atoms with Gasteiger partial charge in [0.1, 0.15) is 0 Å². The van der Waals surface area contributed by atoms with Crippen molar-refractivity contribution >= 4 is 60.8 Å². The molecular weight excluding hydrogens is 595 g/mol. The molecular formula is C46H35N3. The third kappa shape index (κ3) is 5.77. The van der Waals surface area contributed by atoms with Gasteiger partial charge < -0.3 is 15.6 Å². The highest BCUT2D eigenvalue weighted by molar-refractivity contribution is 6.08. The topological polar surface area (TPSA) is 39.9 Å². The van der Waals surface area contributed by atoms with Crippen LogP contribution in [0, 0.1) is 0 Å². The summed E-state index contributed by atoms with van der Waals surface area (Å²) in [6.07, 6.45) is 5.67. The van der Waals surface area contributed by atoms with E-state index in [-0.39, 0.29) is 6.04 Å². The van der Waals surface area contributed by atoms with E-state index in [2.05, 4.69) is 192 Å². The molecule has 0 amide bonds. The van der Waals surface area contributed by atoms with Crippen LogP contribution < -0.4 is 10.6 Å². The van der Waals surface area contributed by atoms with E-state index in [4.69, 9.17) is 0 Å². The van der Waals surface area contributed by atoms with Gasteiger partial charge in [-0.15, -0.1) is 0 Å². The zero-order valence-corrected chi connectivity index (χ0v) is 27.0. The van der Waals surface area contributed by atoms with E-state index in [1.807, 2.05) is 0 Å². The van der Waals surface area contributed by atoms with Crippen molar-refractivity contribution in [3.63, 3.8) is 0 Å². The molecule has 1 heterocycles. The van der Waals surface area contributed by atoms with E-state index < -0.39 is 0 Å². The summed E-state index contributed by atoms with van der Waals surface area (Å²) in [6, 6.07) is 58.6. The van der Waals surface area contributed by atoms with Crippen LogP contribution in [0.4, 0.5) is 17.1 Å². The second-order valence-electron chi connectivity index (χ2n) is 12.9. The van der Waals surface area contributed by atoms with Gasteiger partial charge in [-0.3, -0.25) is 0 Å². The van der Waals surface area contributed by atoms with Crippen molar-refractivity contribution in [2.75, 3.05) is 10.6 Å². The minimum absolute atomic E-state index is 0.131. The lowest BCUT2D eigenvalue weighted by Gasteiger charge is -2.25. The first-order valence-corrected chi connectivity index (χ1v) is 16.9. The first-order chi connectivity index (χ1) is 24.2. The zero-order valence-electron chi connectivity index (χ0n) is 27.0. The Morgan fingerprint density at radius 2 is 1.24 bits per heavy atom. The Kier molecular flexibility index (Phi) is 7.29. The number of hydrogen-bond acceptors (Lipinski definition) is 2. The number of H-pyrrole nitrogens is 1. The third-order valence-electron chi connectivity index (χ3n) is 9.62. The number of hydrogen-bond donors (Lipinski definition) is 3. The van der Waals surface area contributed by atoms with E-state index in [9.17, 15) is 0 Å². The van der Waals surface area contributed by atoms with Gasteiger partial charge in [0.05, 0.1) is 0 Å². The molecule has 0 aliphatic heterocycles. The summed E-state index contributed by atoms with van der Waals surface area (Å²) in [7, 11) is 0. The Morgan fingerprint density at radius 3 is 2.12 bits per heavy atom. The monoisotopic (exact) mass is 629 g/mol. The number of aromatic nitrogens is 1. The smallest absolute Gasteiger partial charge is 0.0493 e. The van der Waals surface area contributed by atoms with Crippen molar-refractivity contribution in [1.29, 1.82) is 0 Å². The summed E-state index contributed by atoms with van der Waals surface area (Å²) >= 11 is 0. The summed E-state index contributed by atoms with van der Waals surface area (Å²) in [6.45, 7) is 0. The summed E-state index contributed by atoms with van der Waals surface area (Å²) in [5, 5.41) is 12.5. The van der Waals surface area contributed by atoms with Gasteiger partial charge in [0.2, 0.25) is 0 Å². The van der Waals surface area contributed by atoms with Crippen LogP contribution in [-0.4, -0.2) is 11.0 Å². The Hall–Kier alpha value is -6.32. The number of benzene rings is 7. The SMILES string of the molecule is C1=C(c2ccc(Nc3ccc4ccccc4c3)c(-c3ccccc3)c2)C=C(c2ccc3[nH]c4ccccc4c3c2)CC1Nc1ccccc1. The fourth-order valence-corrected chi connectivity index (χ4v) is 7.19. The zero-order chi connectivity index (χ0) is 32.6. The van der Waals surface area contributed by atoms with Crippen LogP contribution in [0.25, 0.3) is 54.9 Å². The van der Waals surface area contributed by atoms with Gasteiger partial charge >= 0.3 is 0 Å². The molecule has 3 nitrogen and oxygen atoms in total. The largest absolute Gasteiger partial charge is 0.378 e. The molecule has 0 saturated carbocycles. The molecule has 0 fully saturated rings. The Balaban J connectivity index is 1.14. The number of rotatable bonds is 7. The van der Waals surface area contributed by atoms with Crippen molar-refractivity contribution in [3.8, 4) is 11.1 Å². The third-order valence-corrected chi connectivity index (χ3v) is 9.62. The first-order valence-electron chi connectivity index (χ1n) is 16.9. The standard InChI is InChI=1S/C46H35N3/c1-3-12-32(13-4-1)42-29-34(20-23-45(42)48-39-22-19-31-11-7-8-14-33(31)26-39)36-25-37(28-40(27-36)47-38-15-5-2-6-16-38)35-21-24-46-43(30-35)41-17-9-10-18-44(41)49-46/h1-27,29-30,40,47-49H,28H2. The fraction of sp³-hybridized carbons (Fsp3) is 0.0435. The van der Waals surface area contributed by atoms with E-state index in [1.54, 1.807) is 0 Å². The molecule has 1 aliphatic carbocycles. The molecule has 0 radical (unpaired) electrons. The van der Waals surface area contributed by atoms with E-state index in [1.165, 1.54) is 60.5 Å². The molecule has 1 aliphatic rings. The maximum Gasteiger partial charge on any atom is 0.0493 e. The Labute approximate surface area is 286 Å². The number of aromatic amines is 1. The molecule has 8 aromatic rings. The average molecular weight is 630 g/mol. The molecule has 1 unspecified atom stereocenters. The lowest BCUT2D eigenvalue weighted by molar-refractivity contribution is 0.900. The molecule has 49 heavy (non-hydrogen) atoms. The summed E-state index contributed by atoms with van der Waals surface area (Å²) < 4.78 is 0. The van der Waals surface area contributed by atoms with Crippen LogP contribution in [0.5, 0.6) is 0 Å². The molecule has 1 aromatic heterocycles. The molecule has 3 N–H and O–H groups in total.